The highest BCUT2D eigenvalue weighted by Crippen LogP contribution is 2.26. The molecule has 1 heterocycles. The summed E-state index contributed by atoms with van der Waals surface area (Å²) in [6.07, 6.45) is 8.13. The van der Waals surface area contributed by atoms with E-state index in [4.69, 9.17) is 15.2 Å². The van der Waals surface area contributed by atoms with Crippen molar-refractivity contribution in [2.75, 3.05) is 31.3 Å². The molecule has 0 spiro atoms. The number of aromatic nitrogens is 2. The fraction of sp³-hybridized carbons (Fsp3) is 0.692. The maximum atomic E-state index is 5.83. The molecule has 1 fully saturated rings. The number of methoxy groups -OCH3 is 1. The molecule has 0 aliphatic heterocycles. The van der Waals surface area contributed by atoms with Gasteiger partial charge in [0.25, 0.3) is 0 Å². The molecule has 0 bridgehead atoms. The molecule has 19 heavy (non-hydrogen) atoms. The molecule has 0 saturated heterocycles. The summed E-state index contributed by atoms with van der Waals surface area (Å²) in [6.45, 7) is 1.35. The van der Waals surface area contributed by atoms with Crippen LogP contribution in [0.5, 0.6) is 5.75 Å². The Labute approximate surface area is 113 Å². The van der Waals surface area contributed by atoms with E-state index in [-0.39, 0.29) is 0 Å². The summed E-state index contributed by atoms with van der Waals surface area (Å²) in [5.74, 6) is 1.44. The van der Waals surface area contributed by atoms with Gasteiger partial charge in [-0.1, -0.05) is 19.3 Å². The molecule has 0 amide bonds. The Balaban J connectivity index is 1.74. The summed E-state index contributed by atoms with van der Waals surface area (Å²) >= 11 is 0. The SMILES string of the molecule is COc1c(N)ncnc1NCCOC1CCCCC1. The van der Waals surface area contributed by atoms with E-state index in [1.54, 1.807) is 7.11 Å². The van der Waals surface area contributed by atoms with Gasteiger partial charge in [-0.2, -0.15) is 0 Å². The van der Waals surface area contributed by atoms with Crippen molar-refractivity contribution < 1.29 is 9.47 Å². The average molecular weight is 266 g/mol. The molecule has 1 aromatic rings. The number of hydrogen-bond donors (Lipinski definition) is 2. The minimum Gasteiger partial charge on any atom is -0.490 e. The molecule has 0 unspecified atom stereocenters. The zero-order valence-corrected chi connectivity index (χ0v) is 11.4. The van der Waals surface area contributed by atoms with Gasteiger partial charge in [0, 0.05) is 6.54 Å². The van der Waals surface area contributed by atoms with Crippen molar-refractivity contribution in [2.24, 2.45) is 0 Å². The first-order valence-corrected chi connectivity index (χ1v) is 6.81. The number of nitrogens with two attached hydrogens (primary N) is 1. The molecule has 0 aromatic carbocycles. The van der Waals surface area contributed by atoms with Gasteiger partial charge in [0.05, 0.1) is 19.8 Å². The number of ether oxygens (including phenoxy) is 2. The lowest BCUT2D eigenvalue weighted by molar-refractivity contribution is 0.0347. The summed E-state index contributed by atoms with van der Waals surface area (Å²) in [5, 5.41) is 3.16. The van der Waals surface area contributed by atoms with Crippen LogP contribution in [0.4, 0.5) is 11.6 Å². The van der Waals surface area contributed by atoms with E-state index in [0.29, 0.717) is 36.6 Å². The van der Waals surface area contributed by atoms with Gasteiger partial charge in [0.15, 0.2) is 11.6 Å². The maximum absolute atomic E-state index is 5.83. The van der Waals surface area contributed by atoms with Gasteiger partial charge >= 0.3 is 0 Å². The van der Waals surface area contributed by atoms with Crippen LogP contribution < -0.4 is 15.8 Å². The second-order valence-electron chi connectivity index (χ2n) is 4.70. The van der Waals surface area contributed by atoms with E-state index >= 15 is 0 Å². The Morgan fingerprint density at radius 3 is 2.84 bits per heavy atom. The second kappa shape index (κ2) is 7.13. The largest absolute Gasteiger partial charge is 0.490 e. The Kier molecular flexibility index (Phi) is 5.20. The minimum atomic E-state index is 0.341. The third-order valence-electron chi connectivity index (χ3n) is 3.34. The lowest BCUT2D eigenvalue weighted by Gasteiger charge is -2.22. The molecule has 1 aliphatic rings. The number of anilines is 2. The monoisotopic (exact) mass is 266 g/mol. The minimum absolute atomic E-state index is 0.341. The van der Waals surface area contributed by atoms with E-state index in [0.717, 1.165) is 0 Å². The number of rotatable bonds is 6. The third-order valence-corrected chi connectivity index (χ3v) is 3.34. The van der Waals surface area contributed by atoms with Crippen molar-refractivity contribution >= 4 is 11.6 Å². The van der Waals surface area contributed by atoms with Crippen molar-refractivity contribution in [2.45, 2.75) is 38.2 Å². The van der Waals surface area contributed by atoms with Gasteiger partial charge in [-0.25, -0.2) is 9.97 Å². The van der Waals surface area contributed by atoms with Crippen LogP contribution in [0.25, 0.3) is 0 Å². The van der Waals surface area contributed by atoms with Crippen LogP contribution in [-0.4, -0.2) is 36.3 Å². The Morgan fingerprint density at radius 2 is 2.11 bits per heavy atom. The average Bonchev–Trinajstić information content (AvgIpc) is 2.45. The van der Waals surface area contributed by atoms with Crippen molar-refractivity contribution in [3.05, 3.63) is 6.33 Å². The topological polar surface area (TPSA) is 82.3 Å². The van der Waals surface area contributed by atoms with Crippen LogP contribution in [0.15, 0.2) is 6.33 Å². The Morgan fingerprint density at radius 1 is 1.32 bits per heavy atom. The van der Waals surface area contributed by atoms with Gasteiger partial charge in [0.2, 0.25) is 5.75 Å². The van der Waals surface area contributed by atoms with Gasteiger partial charge in [-0.15, -0.1) is 0 Å². The summed E-state index contributed by atoms with van der Waals surface area (Å²) in [5.41, 5.74) is 5.71. The zero-order valence-electron chi connectivity index (χ0n) is 11.4. The van der Waals surface area contributed by atoms with Crippen LogP contribution >= 0.6 is 0 Å². The number of nitrogens with one attached hydrogen (secondary N) is 1. The molecule has 1 aliphatic carbocycles. The van der Waals surface area contributed by atoms with E-state index in [2.05, 4.69) is 15.3 Å². The summed E-state index contributed by atoms with van der Waals surface area (Å²) in [4.78, 5) is 7.99. The van der Waals surface area contributed by atoms with Crippen molar-refractivity contribution in [1.29, 1.82) is 0 Å². The van der Waals surface area contributed by atoms with E-state index in [1.807, 2.05) is 0 Å². The fourth-order valence-electron chi connectivity index (χ4n) is 2.34. The molecule has 6 nitrogen and oxygen atoms in total. The first-order valence-electron chi connectivity index (χ1n) is 6.81. The van der Waals surface area contributed by atoms with Crippen LogP contribution in [0.2, 0.25) is 0 Å². The fourth-order valence-corrected chi connectivity index (χ4v) is 2.34. The lowest BCUT2D eigenvalue weighted by Crippen LogP contribution is -2.21. The van der Waals surface area contributed by atoms with E-state index in [1.165, 1.54) is 38.4 Å². The quantitative estimate of drug-likeness (QED) is 0.764. The highest BCUT2D eigenvalue weighted by Gasteiger charge is 2.13. The number of nitrogen functional groups attached to an aromatic ring is 1. The predicted molar refractivity (Wildman–Crippen MR) is 74.3 cm³/mol. The maximum Gasteiger partial charge on any atom is 0.203 e. The van der Waals surface area contributed by atoms with Crippen LogP contribution in [0, 0.1) is 0 Å². The lowest BCUT2D eigenvalue weighted by atomic mass is 9.98. The van der Waals surface area contributed by atoms with Crippen LogP contribution in [0.1, 0.15) is 32.1 Å². The van der Waals surface area contributed by atoms with Gasteiger partial charge in [-0.05, 0) is 12.8 Å². The normalized spacial score (nSPS) is 16.3. The van der Waals surface area contributed by atoms with Crippen molar-refractivity contribution in [3.8, 4) is 5.75 Å². The molecule has 1 aromatic heterocycles. The molecule has 6 heteroatoms. The summed E-state index contributed by atoms with van der Waals surface area (Å²) in [7, 11) is 1.55. The molecule has 106 valence electrons. The van der Waals surface area contributed by atoms with Gasteiger partial charge < -0.3 is 20.5 Å². The van der Waals surface area contributed by atoms with E-state index < -0.39 is 0 Å². The second-order valence-corrected chi connectivity index (χ2v) is 4.70. The van der Waals surface area contributed by atoms with Crippen LogP contribution in [0.3, 0.4) is 0 Å². The van der Waals surface area contributed by atoms with E-state index in [9.17, 15) is 0 Å². The smallest absolute Gasteiger partial charge is 0.203 e. The summed E-state index contributed by atoms with van der Waals surface area (Å²) < 4.78 is 11.0. The van der Waals surface area contributed by atoms with Gasteiger partial charge in [0.1, 0.15) is 6.33 Å². The zero-order chi connectivity index (χ0) is 13.5. The van der Waals surface area contributed by atoms with Crippen molar-refractivity contribution in [3.63, 3.8) is 0 Å². The Bertz CT molecular complexity index is 394. The molecule has 1 saturated carbocycles. The highest BCUT2D eigenvalue weighted by molar-refractivity contribution is 5.61. The highest BCUT2D eigenvalue weighted by atomic mass is 16.5. The molecule has 0 radical (unpaired) electrons. The predicted octanol–water partition coefficient (Wildman–Crippen LogP) is 1.83. The standard InChI is InChI=1S/C13H22N4O2/c1-18-11-12(14)16-9-17-13(11)15-7-8-19-10-5-3-2-4-6-10/h9-10H,2-8H2,1H3,(H3,14,15,16,17). The third kappa shape index (κ3) is 3.96. The van der Waals surface area contributed by atoms with Crippen molar-refractivity contribution in [1.82, 2.24) is 9.97 Å². The molecular weight excluding hydrogens is 244 g/mol. The Hall–Kier alpha value is -1.56. The summed E-state index contributed by atoms with van der Waals surface area (Å²) in [6, 6.07) is 0. The first kappa shape index (κ1) is 13.9. The van der Waals surface area contributed by atoms with Gasteiger partial charge in [-0.3, -0.25) is 0 Å². The number of nitrogens with zero attached hydrogens (tertiary/aromatic N) is 2. The van der Waals surface area contributed by atoms with Crippen LogP contribution in [-0.2, 0) is 4.74 Å². The molecule has 3 N–H and O–H groups in total. The molecule has 0 atom stereocenters. The molecule has 2 rings (SSSR count). The number of hydrogen-bond acceptors (Lipinski definition) is 6. The first-order chi connectivity index (χ1) is 9.31. The molecular formula is C13H22N4O2.